The van der Waals surface area contributed by atoms with Gasteiger partial charge in [-0.25, -0.2) is 4.39 Å². The summed E-state index contributed by atoms with van der Waals surface area (Å²) in [6.45, 7) is 2.85. The zero-order valence-corrected chi connectivity index (χ0v) is 3.19. The van der Waals surface area contributed by atoms with Crippen LogP contribution in [0.4, 0.5) is 4.39 Å². The van der Waals surface area contributed by atoms with Crippen molar-refractivity contribution in [1.82, 2.24) is 0 Å². The molecular weight excluding hydrogens is 83.0 g/mol. The van der Waals surface area contributed by atoms with Crippen LogP contribution < -0.4 is 5.84 Å². The quantitative estimate of drug-likeness (QED) is 0.281. The Hall–Kier alpha value is -0.860. The molecule has 0 fully saturated rings. The molecule has 0 aliphatic rings. The average Bonchev–Trinajstić information content (AvgIpc) is 1.35. The smallest absolute Gasteiger partial charge is 0.136 e. The first-order chi connectivity index (χ1) is 2.77. The molecule has 0 amide bonds. The van der Waals surface area contributed by atoms with Crippen molar-refractivity contribution in [2.75, 3.05) is 0 Å². The second-order valence-corrected chi connectivity index (χ2v) is 0.725. The first-order valence-electron chi connectivity index (χ1n) is 1.35. The fraction of sp³-hybridized carbons (Fsp3) is 0. The Balaban J connectivity index is 3.30. The van der Waals surface area contributed by atoms with E-state index in [-0.39, 0.29) is 0 Å². The third-order valence-corrected chi connectivity index (χ3v) is 0.215. The van der Waals surface area contributed by atoms with Gasteiger partial charge < -0.3 is 5.84 Å². The Bertz CT molecular complexity index is 76.9. The van der Waals surface area contributed by atoms with Gasteiger partial charge in [-0.1, -0.05) is 6.58 Å². The summed E-state index contributed by atoms with van der Waals surface area (Å²) in [5.74, 6) is 3.87. The van der Waals surface area contributed by atoms with Crippen LogP contribution in [0.25, 0.3) is 0 Å². The normalized spacial score (nSPS) is 9.50. The van der Waals surface area contributed by atoms with Gasteiger partial charge in [0.2, 0.25) is 0 Å². The second kappa shape index (κ2) is 2.38. The highest BCUT2D eigenvalue weighted by molar-refractivity contribution is 5.74. The highest BCUT2D eigenvalue weighted by atomic mass is 19.1. The van der Waals surface area contributed by atoms with Crippen molar-refractivity contribution < 1.29 is 4.39 Å². The molecule has 0 spiro atoms. The van der Waals surface area contributed by atoms with Crippen molar-refractivity contribution in [2.45, 2.75) is 0 Å². The zero-order valence-electron chi connectivity index (χ0n) is 3.19. The Labute approximate surface area is 35.2 Å². The molecule has 2 N–H and O–H groups in total. The van der Waals surface area contributed by atoms with Crippen LogP contribution in [0.3, 0.4) is 0 Å². The Morgan fingerprint density at radius 2 is 2.50 bits per heavy atom. The molecular formula is C3H5FN2. The Morgan fingerprint density at radius 1 is 2.00 bits per heavy atom. The summed E-state index contributed by atoms with van der Waals surface area (Å²) in [5.41, 5.74) is 0. The monoisotopic (exact) mass is 88.0 g/mol. The fourth-order valence-corrected chi connectivity index (χ4v) is 0.0809. The maximum atomic E-state index is 11.3. The van der Waals surface area contributed by atoms with E-state index < -0.39 is 5.83 Å². The maximum Gasteiger partial charge on any atom is 0.136 e. The lowest BCUT2D eigenvalue weighted by atomic mass is 10.7. The van der Waals surface area contributed by atoms with Gasteiger partial charge in [0.05, 0.1) is 6.21 Å². The number of hydrogen-bond donors (Lipinski definition) is 1. The molecule has 0 aromatic carbocycles. The number of rotatable bonds is 1. The van der Waals surface area contributed by atoms with E-state index in [1.165, 1.54) is 0 Å². The molecule has 0 aromatic rings. The summed E-state index contributed by atoms with van der Waals surface area (Å²) in [7, 11) is 0. The summed E-state index contributed by atoms with van der Waals surface area (Å²) in [6, 6.07) is 0. The number of nitrogens with two attached hydrogens (primary N) is 1. The van der Waals surface area contributed by atoms with E-state index in [9.17, 15) is 4.39 Å². The number of hydrazone groups is 1. The summed E-state index contributed by atoms with van der Waals surface area (Å²) in [4.78, 5) is 0. The van der Waals surface area contributed by atoms with Crippen LogP contribution >= 0.6 is 0 Å². The molecule has 0 heterocycles. The number of hydrogen-bond acceptors (Lipinski definition) is 2. The van der Waals surface area contributed by atoms with E-state index in [2.05, 4.69) is 17.5 Å². The predicted molar refractivity (Wildman–Crippen MR) is 22.9 cm³/mol. The largest absolute Gasteiger partial charge is 0.323 e. The molecule has 0 aromatic heterocycles. The minimum absolute atomic E-state index is 0.627. The van der Waals surface area contributed by atoms with Crippen molar-refractivity contribution in [2.24, 2.45) is 10.9 Å². The van der Waals surface area contributed by atoms with Gasteiger partial charge in [0, 0.05) is 0 Å². The SMILES string of the molecule is C=C(F)/C=N/N. The first-order valence-corrected chi connectivity index (χ1v) is 1.35. The maximum absolute atomic E-state index is 11.3. The van der Waals surface area contributed by atoms with Crippen molar-refractivity contribution in [3.63, 3.8) is 0 Å². The van der Waals surface area contributed by atoms with Gasteiger partial charge in [-0.2, -0.15) is 5.10 Å². The molecule has 0 unspecified atom stereocenters. The lowest BCUT2D eigenvalue weighted by molar-refractivity contribution is 0.690. The average molecular weight is 88.1 g/mol. The summed E-state index contributed by atoms with van der Waals surface area (Å²) in [6.07, 6.45) is 0.833. The van der Waals surface area contributed by atoms with Crippen LogP contribution in [0.2, 0.25) is 0 Å². The van der Waals surface area contributed by atoms with E-state index in [0.717, 1.165) is 6.21 Å². The van der Waals surface area contributed by atoms with Crippen LogP contribution in [0.15, 0.2) is 17.5 Å². The van der Waals surface area contributed by atoms with Crippen molar-refractivity contribution in [3.05, 3.63) is 12.4 Å². The molecule has 6 heavy (non-hydrogen) atoms. The molecule has 0 bridgehead atoms. The van der Waals surface area contributed by atoms with E-state index in [0.29, 0.717) is 0 Å². The highest BCUT2D eigenvalue weighted by Gasteiger charge is 1.72. The van der Waals surface area contributed by atoms with Gasteiger partial charge >= 0.3 is 0 Å². The molecule has 0 rings (SSSR count). The molecule has 0 saturated carbocycles. The first kappa shape index (κ1) is 5.14. The van der Waals surface area contributed by atoms with Gasteiger partial charge in [0.25, 0.3) is 0 Å². The molecule has 2 nitrogen and oxygen atoms in total. The number of halogens is 1. The standard InChI is InChI=1S/C3H5FN2/c1-3(4)2-6-5/h2H,1,5H2/b6-2+. The van der Waals surface area contributed by atoms with Gasteiger partial charge in [-0.05, 0) is 0 Å². The highest BCUT2D eigenvalue weighted by Crippen LogP contribution is 1.79. The Kier molecular flexibility index (Phi) is 2.04. The van der Waals surface area contributed by atoms with Gasteiger partial charge in [-0.3, -0.25) is 0 Å². The molecule has 0 saturated heterocycles. The Morgan fingerprint density at radius 3 is 2.50 bits per heavy atom. The van der Waals surface area contributed by atoms with Gasteiger partial charge in [0.1, 0.15) is 5.83 Å². The van der Waals surface area contributed by atoms with Crippen molar-refractivity contribution in [1.29, 1.82) is 0 Å². The molecule has 3 heteroatoms. The van der Waals surface area contributed by atoms with Crippen molar-refractivity contribution in [3.8, 4) is 0 Å². The molecule has 0 atom stereocenters. The predicted octanol–water partition coefficient (Wildman–Crippen LogP) is 0.414. The van der Waals surface area contributed by atoms with Crippen LogP contribution in [0.1, 0.15) is 0 Å². The number of allylic oxidation sites excluding steroid dienone is 1. The van der Waals surface area contributed by atoms with Crippen LogP contribution in [0.5, 0.6) is 0 Å². The van der Waals surface area contributed by atoms with E-state index in [1.807, 2.05) is 0 Å². The van der Waals surface area contributed by atoms with Crippen LogP contribution in [0, 0.1) is 0 Å². The molecule has 0 aliphatic heterocycles. The lowest BCUT2D eigenvalue weighted by Crippen LogP contribution is -1.80. The van der Waals surface area contributed by atoms with Crippen molar-refractivity contribution >= 4 is 6.21 Å². The lowest BCUT2D eigenvalue weighted by Gasteiger charge is -1.70. The molecule has 34 valence electrons. The second-order valence-electron chi connectivity index (χ2n) is 0.725. The zero-order chi connectivity index (χ0) is 4.99. The van der Waals surface area contributed by atoms with Gasteiger partial charge in [0.15, 0.2) is 0 Å². The number of nitrogens with zero attached hydrogens (tertiary/aromatic N) is 1. The summed E-state index contributed by atoms with van der Waals surface area (Å²) in [5, 5.41) is 2.84. The topological polar surface area (TPSA) is 38.4 Å². The van der Waals surface area contributed by atoms with Crippen LogP contribution in [-0.4, -0.2) is 6.21 Å². The van der Waals surface area contributed by atoms with Gasteiger partial charge in [-0.15, -0.1) is 0 Å². The van der Waals surface area contributed by atoms with E-state index in [1.54, 1.807) is 0 Å². The molecule has 0 aliphatic carbocycles. The van der Waals surface area contributed by atoms with E-state index in [4.69, 9.17) is 0 Å². The summed E-state index contributed by atoms with van der Waals surface area (Å²) < 4.78 is 11.3. The minimum atomic E-state index is -0.627. The molecule has 0 radical (unpaired) electrons. The summed E-state index contributed by atoms with van der Waals surface area (Å²) >= 11 is 0. The third-order valence-electron chi connectivity index (χ3n) is 0.215. The van der Waals surface area contributed by atoms with Crippen LogP contribution in [-0.2, 0) is 0 Å². The third kappa shape index (κ3) is 3.14. The van der Waals surface area contributed by atoms with E-state index >= 15 is 0 Å². The fourth-order valence-electron chi connectivity index (χ4n) is 0.0809. The minimum Gasteiger partial charge on any atom is -0.323 e.